The van der Waals surface area contributed by atoms with Crippen LogP contribution >= 0.6 is 0 Å². The molecule has 3 rings (SSSR count). The maximum atomic E-state index is 12.6. The second kappa shape index (κ2) is 11.5. The number of unbranched alkanes of at least 4 members (excludes halogenated alkanes) is 1. The van der Waals surface area contributed by atoms with E-state index in [9.17, 15) is 14.4 Å². The molecule has 7 heteroatoms. The van der Waals surface area contributed by atoms with Crippen LogP contribution in [0, 0.1) is 0 Å². The number of alkyl carbamates (subject to hydrolysis) is 1. The Bertz CT molecular complexity index is 945. The van der Waals surface area contributed by atoms with Crippen LogP contribution in [0.1, 0.15) is 63.0 Å². The van der Waals surface area contributed by atoms with Gasteiger partial charge in [-0.2, -0.15) is 0 Å². The average Bonchev–Trinajstić information content (AvgIpc) is 3.13. The Morgan fingerprint density at radius 3 is 2.12 bits per heavy atom. The molecule has 0 saturated carbocycles. The molecule has 0 fully saturated rings. The summed E-state index contributed by atoms with van der Waals surface area (Å²) < 4.78 is 5.60. The molecular weight excluding hydrogens is 420 g/mol. The minimum atomic E-state index is -1.07. The van der Waals surface area contributed by atoms with Gasteiger partial charge >= 0.3 is 12.1 Å². The molecule has 1 aliphatic carbocycles. The van der Waals surface area contributed by atoms with Crippen LogP contribution in [0.5, 0.6) is 0 Å². The lowest BCUT2D eigenvalue weighted by Gasteiger charge is -2.21. The molecule has 0 aromatic heterocycles. The molecule has 2 atom stereocenters. The second-order valence-electron chi connectivity index (χ2n) is 8.38. The zero-order chi connectivity index (χ0) is 23.8. The number of carbonyl (C=O) groups excluding carboxylic acids is 2. The normalized spacial score (nSPS) is 14.0. The Morgan fingerprint density at radius 1 is 0.970 bits per heavy atom. The maximum absolute atomic E-state index is 12.6. The lowest BCUT2D eigenvalue weighted by atomic mass is 9.98. The minimum Gasteiger partial charge on any atom is -0.480 e. The van der Waals surface area contributed by atoms with Crippen LogP contribution in [-0.2, 0) is 14.3 Å². The fourth-order valence-electron chi connectivity index (χ4n) is 4.30. The summed E-state index contributed by atoms with van der Waals surface area (Å²) in [6.45, 7) is 3.92. The summed E-state index contributed by atoms with van der Waals surface area (Å²) in [6.07, 6.45) is 2.08. The van der Waals surface area contributed by atoms with Crippen molar-refractivity contribution >= 4 is 18.0 Å². The average molecular weight is 453 g/mol. The Labute approximate surface area is 194 Å². The lowest BCUT2D eigenvalue weighted by molar-refractivity contribution is -0.142. The van der Waals surface area contributed by atoms with E-state index in [1.807, 2.05) is 31.2 Å². The molecule has 7 nitrogen and oxygen atoms in total. The van der Waals surface area contributed by atoms with Gasteiger partial charge < -0.3 is 20.5 Å². The van der Waals surface area contributed by atoms with E-state index in [1.54, 1.807) is 6.92 Å². The predicted molar refractivity (Wildman–Crippen MR) is 126 cm³/mol. The van der Waals surface area contributed by atoms with Crippen LogP contribution in [-0.4, -0.2) is 41.8 Å². The van der Waals surface area contributed by atoms with E-state index in [-0.39, 0.29) is 18.9 Å². The van der Waals surface area contributed by atoms with Gasteiger partial charge in [0.05, 0.1) is 0 Å². The van der Waals surface area contributed by atoms with E-state index >= 15 is 0 Å². The van der Waals surface area contributed by atoms with Crippen molar-refractivity contribution in [3.8, 4) is 11.1 Å². The summed E-state index contributed by atoms with van der Waals surface area (Å²) in [5.74, 6) is -1.51. The van der Waals surface area contributed by atoms with Crippen molar-refractivity contribution in [3.63, 3.8) is 0 Å². The van der Waals surface area contributed by atoms with Gasteiger partial charge in [0.1, 0.15) is 12.6 Å². The number of hydrogen-bond donors (Lipinski definition) is 3. The fourth-order valence-corrected chi connectivity index (χ4v) is 4.30. The van der Waals surface area contributed by atoms with Crippen LogP contribution in [0.4, 0.5) is 4.79 Å². The van der Waals surface area contributed by atoms with Gasteiger partial charge in [-0.1, -0.05) is 75.2 Å². The number of nitrogens with one attached hydrogen (secondary N) is 2. The van der Waals surface area contributed by atoms with E-state index < -0.39 is 30.1 Å². The Balaban J connectivity index is 1.60. The van der Waals surface area contributed by atoms with Crippen molar-refractivity contribution in [1.82, 2.24) is 10.6 Å². The largest absolute Gasteiger partial charge is 0.480 e. The topological polar surface area (TPSA) is 105 Å². The van der Waals surface area contributed by atoms with Crippen molar-refractivity contribution in [3.05, 3.63) is 59.7 Å². The molecule has 2 amide bonds. The number of rotatable bonds is 11. The van der Waals surface area contributed by atoms with Gasteiger partial charge in [-0.25, -0.2) is 9.59 Å². The van der Waals surface area contributed by atoms with E-state index in [4.69, 9.17) is 9.84 Å². The van der Waals surface area contributed by atoms with Crippen LogP contribution in [0.15, 0.2) is 48.5 Å². The quantitative estimate of drug-likeness (QED) is 0.467. The van der Waals surface area contributed by atoms with Gasteiger partial charge in [0.2, 0.25) is 5.91 Å². The standard InChI is InChI=1S/C26H32N2O5/c1-3-5-10-17(15-24(29)28-23(4-2)25(30)31)27-26(32)33-16-22-20-13-8-6-11-18(20)19-12-7-9-14-21(19)22/h6-9,11-14,17,22-23H,3-5,10,15-16H2,1-2H3,(H,27,32)(H,28,29)(H,30,31). The summed E-state index contributed by atoms with van der Waals surface area (Å²) in [5.41, 5.74) is 4.58. The number of benzene rings is 2. The molecule has 1 aliphatic rings. The third kappa shape index (κ3) is 6.12. The number of amides is 2. The summed E-state index contributed by atoms with van der Waals surface area (Å²) in [4.78, 5) is 36.1. The third-order valence-corrected chi connectivity index (χ3v) is 6.05. The maximum Gasteiger partial charge on any atom is 0.407 e. The van der Waals surface area contributed by atoms with Gasteiger partial charge in [-0.15, -0.1) is 0 Å². The van der Waals surface area contributed by atoms with Crippen molar-refractivity contribution in [2.45, 2.75) is 64.0 Å². The van der Waals surface area contributed by atoms with Crippen molar-refractivity contribution in [2.75, 3.05) is 6.61 Å². The number of ether oxygens (including phenoxy) is 1. The second-order valence-corrected chi connectivity index (χ2v) is 8.38. The molecular formula is C26H32N2O5. The molecule has 2 aromatic rings. The lowest BCUT2D eigenvalue weighted by Crippen LogP contribution is -2.44. The predicted octanol–water partition coefficient (Wildman–Crippen LogP) is 4.45. The van der Waals surface area contributed by atoms with Crippen molar-refractivity contribution in [2.24, 2.45) is 0 Å². The Hall–Kier alpha value is -3.35. The van der Waals surface area contributed by atoms with Gasteiger partial charge in [-0.05, 0) is 35.1 Å². The first-order chi connectivity index (χ1) is 15.9. The fraction of sp³-hybridized carbons (Fsp3) is 0.423. The molecule has 0 bridgehead atoms. The summed E-state index contributed by atoms with van der Waals surface area (Å²) in [7, 11) is 0. The molecule has 3 N–H and O–H groups in total. The molecule has 33 heavy (non-hydrogen) atoms. The van der Waals surface area contributed by atoms with Gasteiger partial charge in [0.15, 0.2) is 0 Å². The Morgan fingerprint density at radius 2 is 1.58 bits per heavy atom. The highest BCUT2D eigenvalue weighted by atomic mass is 16.5. The van der Waals surface area contributed by atoms with E-state index in [1.165, 1.54) is 0 Å². The van der Waals surface area contributed by atoms with Crippen LogP contribution in [0.2, 0.25) is 0 Å². The molecule has 0 spiro atoms. The number of aliphatic carboxylic acids is 1. The highest BCUT2D eigenvalue weighted by molar-refractivity contribution is 5.84. The molecule has 0 saturated heterocycles. The van der Waals surface area contributed by atoms with Crippen molar-refractivity contribution < 1.29 is 24.2 Å². The third-order valence-electron chi connectivity index (χ3n) is 6.05. The summed E-state index contributed by atoms with van der Waals surface area (Å²) >= 11 is 0. The van der Waals surface area contributed by atoms with Gasteiger partial charge in [0.25, 0.3) is 0 Å². The first-order valence-electron chi connectivity index (χ1n) is 11.6. The van der Waals surface area contributed by atoms with Gasteiger partial charge in [0, 0.05) is 18.4 Å². The molecule has 0 radical (unpaired) electrons. The van der Waals surface area contributed by atoms with E-state index in [0.29, 0.717) is 12.8 Å². The van der Waals surface area contributed by atoms with Crippen LogP contribution < -0.4 is 10.6 Å². The van der Waals surface area contributed by atoms with Crippen LogP contribution in [0.25, 0.3) is 11.1 Å². The minimum absolute atomic E-state index is 0.00791. The molecule has 2 aromatic carbocycles. The zero-order valence-corrected chi connectivity index (χ0v) is 19.2. The molecule has 176 valence electrons. The first kappa shape index (κ1) is 24.3. The molecule has 0 heterocycles. The summed E-state index contributed by atoms with van der Waals surface area (Å²) in [5, 5.41) is 14.5. The summed E-state index contributed by atoms with van der Waals surface area (Å²) in [6, 6.07) is 14.9. The SMILES string of the molecule is CCCCC(CC(=O)NC(CC)C(=O)O)NC(=O)OCC1c2ccccc2-c2ccccc21. The van der Waals surface area contributed by atoms with E-state index in [2.05, 4.69) is 34.9 Å². The molecule has 0 aliphatic heterocycles. The smallest absolute Gasteiger partial charge is 0.407 e. The van der Waals surface area contributed by atoms with Gasteiger partial charge in [-0.3, -0.25) is 4.79 Å². The highest BCUT2D eigenvalue weighted by Gasteiger charge is 2.29. The number of hydrogen-bond acceptors (Lipinski definition) is 4. The Kier molecular flexibility index (Phi) is 8.46. The van der Waals surface area contributed by atoms with Crippen molar-refractivity contribution in [1.29, 1.82) is 0 Å². The number of carboxylic acids is 1. The first-order valence-corrected chi connectivity index (χ1v) is 11.6. The van der Waals surface area contributed by atoms with E-state index in [0.717, 1.165) is 35.1 Å². The number of carbonyl (C=O) groups is 3. The number of fused-ring (bicyclic) bond motifs is 3. The highest BCUT2D eigenvalue weighted by Crippen LogP contribution is 2.44. The number of carboxylic acid groups (broad SMARTS) is 1. The zero-order valence-electron chi connectivity index (χ0n) is 19.2. The molecule has 2 unspecified atom stereocenters. The van der Waals surface area contributed by atoms with Crippen LogP contribution in [0.3, 0.4) is 0 Å². The monoisotopic (exact) mass is 452 g/mol.